The summed E-state index contributed by atoms with van der Waals surface area (Å²) in [7, 11) is 0. The molecule has 1 aliphatic rings. The van der Waals surface area contributed by atoms with Crippen molar-refractivity contribution in [3.63, 3.8) is 0 Å². The van der Waals surface area contributed by atoms with Crippen LogP contribution in [0.25, 0.3) is 5.76 Å². The van der Waals surface area contributed by atoms with Crippen LogP contribution in [0.1, 0.15) is 22.7 Å². The normalized spacial score (nSPS) is 17.4. The van der Waals surface area contributed by atoms with Gasteiger partial charge in [0.05, 0.1) is 11.6 Å². The Balaban J connectivity index is 1.77. The summed E-state index contributed by atoms with van der Waals surface area (Å²) in [5, 5.41) is 11.1. The number of carbonyl (C=O) groups excluding carboxylic acids is 2. The summed E-state index contributed by atoms with van der Waals surface area (Å²) < 4.78 is 5.47. The van der Waals surface area contributed by atoms with E-state index in [1.165, 1.54) is 4.90 Å². The SMILES string of the molecule is C=CCOc1ccc(C(O)=C2C(=O)C(=O)N(Cc3cccnc3)[C@H]2c2ccncc2)cc1. The molecule has 4 rings (SSSR count). The van der Waals surface area contributed by atoms with E-state index in [0.717, 1.165) is 5.56 Å². The minimum atomic E-state index is -0.755. The monoisotopic (exact) mass is 427 g/mol. The van der Waals surface area contributed by atoms with Crippen molar-refractivity contribution in [1.82, 2.24) is 14.9 Å². The van der Waals surface area contributed by atoms with Gasteiger partial charge in [-0.1, -0.05) is 18.7 Å². The van der Waals surface area contributed by atoms with E-state index in [1.807, 2.05) is 6.07 Å². The van der Waals surface area contributed by atoms with Crippen molar-refractivity contribution in [2.24, 2.45) is 0 Å². The summed E-state index contributed by atoms with van der Waals surface area (Å²) in [6.45, 7) is 4.14. The third kappa shape index (κ3) is 4.13. The highest BCUT2D eigenvalue weighted by Crippen LogP contribution is 2.40. The van der Waals surface area contributed by atoms with E-state index in [0.29, 0.717) is 23.5 Å². The largest absolute Gasteiger partial charge is 0.507 e. The molecule has 7 nitrogen and oxygen atoms in total. The Morgan fingerprint density at radius 2 is 1.81 bits per heavy atom. The quantitative estimate of drug-likeness (QED) is 0.268. The number of ketones is 1. The van der Waals surface area contributed by atoms with E-state index in [9.17, 15) is 14.7 Å². The number of aliphatic hydroxyl groups excluding tert-OH is 1. The van der Waals surface area contributed by atoms with Gasteiger partial charge in [0.25, 0.3) is 11.7 Å². The number of Topliss-reactive ketones (excluding diaryl/α,β-unsaturated/α-hetero) is 1. The molecular formula is C25H21N3O4. The van der Waals surface area contributed by atoms with E-state index in [-0.39, 0.29) is 17.9 Å². The van der Waals surface area contributed by atoms with Gasteiger partial charge in [-0.3, -0.25) is 19.6 Å². The molecule has 1 saturated heterocycles. The molecule has 32 heavy (non-hydrogen) atoms. The lowest BCUT2D eigenvalue weighted by atomic mass is 9.96. The maximum atomic E-state index is 13.0. The fourth-order valence-electron chi connectivity index (χ4n) is 3.64. The van der Waals surface area contributed by atoms with Crippen molar-refractivity contribution < 1.29 is 19.4 Å². The Kier molecular flexibility index (Phi) is 6.07. The second-order valence-electron chi connectivity index (χ2n) is 7.19. The topological polar surface area (TPSA) is 92.6 Å². The number of hydrogen-bond donors (Lipinski definition) is 1. The molecule has 2 aromatic heterocycles. The Hall–Kier alpha value is -4.26. The fraction of sp³-hybridized carbons (Fsp3) is 0.120. The standard InChI is InChI=1S/C25H21N3O4/c1-2-14-32-20-7-5-19(6-8-20)23(29)21-22(18-9-12-26-13-10-18)28(25(31)24(21)30)16-17-4-3-11-27-15-17/h2-13,15,22,29H,1,14,16H2/t22-/m0/s1. The Labute approximate surface area is 185 Å². The molecule has 0 radical (unpaired) electrons. The smallest absolute Gasteiger partial charge is 0.295 e. The molecule has 1 N–H and O–H groups in total. The number of hydrogen-bond acceptors (Lipinski definition) is 6. The second-order valence-corrected chi connectivity index (χ2v) is 7.19. The minimum Gasteiger partial charge on any atom is -0.507 e. The van der Waals surface area contributed by atoms with Crippen LogP contribution in [0.5, 0.6) is 5.75 Å². The van der Waals surface area contributed by atoms with Gasteiger partial charge in [-0.05, 0) is 53.6 Å². The summed E-state index contributed by atoms with van der Waals surface area (Å²) in [5.41, 5.74) is 1.90. The van der Waals surface area contributed by atoms with Crippen LogP contribution in [0.15, 0.2) is 91.5 Å². The summed E-state index contributed by atoms with van der Waals surface area (Å²) in [4.78, 5) is 35.6. The van der Waals surface area contributed by atoms with Crippen molar-refractivity contribution in [3.8, 4) is 5.75 Å². The zero-order valence-electron chi connectivity index (χ0n) is 17.2. The first-order valence-electron chi connectivity index (χ1n) is 10.0. The molecule has 1 atom stereocenters. The Bertz CT molecular complexity index is 1160. The third-order valence-corrected chi connectivity index (χ3v) is 5.13. The van der Waals surface area contributed by atoms with Gasteiger partial charge in [0, 0.05) is 36.9 Å². The molecule has 0 spiro atoms. The summed E-state index contributed by atoms with van der Waals surface area (Å²) in [6.07, 6.45) is 8.09. The molecule has 0 unspecified atom stereocenters. The highest BCUT2D eigenvalue weighted by molar-refractivity contribution is 6.46. The zero-order valence-corrected chi connectivity index (χ0v) is 17.2. The maximum Gasteiger partial charge on any atom is 0.295 e. The number of nitrogens with zero attached hydrogens (tertiary/aromatic N) is 3. The lowest BCUT2D eigenvalue weighted by Crippen LogP contribution is -2.29. The first-order valence-corrected chi connectivity index (χ1v) is 10.0. The van der Waals surface area contributed by atoms with E-state index in [4.69, 9.17) is 4.74 Å². The van der Waals surface area contributed by atoms with Gasteiger partial charge in [-0.2, -0.15) is 0 Å². The van der Waals surface area contributed by atoms with Crippen LogP contribution < -0.4 is 4.74 Å². The highest BCUT2D eigenvalue weighted by atomic mass is 16.5. The number of ether oxygens (including phenoxy) is 1. The summed E-state index contributed by atoms with van der Waals surface area (Å²) in [6, 6.07) is 13.0. The molecule has 0 aliphatic carbocycles. The van der Waals surface area contributed by atoms with Crippen LogP contribution in [0, 0.1) is 0 Å². The van der Waals surface area contributed by atoms with Crippen LogP contribution in [0.2, 0.25) is 0 Å². The summed E-state index contributed by atoms with van der Waals surface area (Å²) >= 11 is 0. The first-order chi connectivity index (χ1) is 15.6. The lowest BCUT2D eigenvalue weighted by Gasteiger charge is -2.25. The average molecular weight is 427 g/mol. The average Bonchev–Trinajstić information content (AvgIpc) is 3.09. The van der Waals surface area contributed by atoms with E-state index in [2.05, 4.69) is 16.5 Å². The highest BCUT2D eigenvalue weighted by Gasteiger charge is 2.46. The van der Waals surface area contributed by atoms with Gasteiger partial charge in [0.15, 0.2) is 0 Å². The van der Waals surface area contributed by atoms with Gasteiger partial charge >= 0.3 is 0 Å². The number of carbonyl (C=O) groups is 2. The van der Waals surface area contributed by atoms with Crippen LogP contribution in [0.3, 0.4) is 0 Å². The van der Waals surface area contributed by atoms with Crippen molar-refractivity contribution in [2.45, 2.75) is 12.6 Å². The van der Waals surface area contributed by atoms with Crippen LogP contribution in [-0.4, -0.2) is 38.3 Å². The second kappa shape index (κ2) is 9.26. The van der Waals surface area contributed by atoms with Crippen molar-refractivity contribution in [3.05, 3.63) is 108 Å². The predicted octanol–water partition coefficient (Wildman–Crippen LogP) is 3.66. The van der Waals surface area contributed by atoms with E-state index in [1.54, 1.807) is 73.3 Å². The number of pyridine rings is 2. The van der Waals surface area contributed by atoms with Crippen LogP contribution in [-0.2, 0) is 16.1 Å². The van der Waals surface area contributed by atoms with Gasteiger partial charge in [-0.25, -0.2) is 0 Å². The number of aromatic nitrogens is 2. The predicted molar refractivity (Wildman–Crippen MR) is 118 cm³/mol. The zero-order chi connectivity index (χ0) is 22.5. The molecule has 7 heteroatoms. The number of rotatable bonds is 7. The van der Waals surface area contributed by atoms with Gasteiger partial charge in [0.1, 0.15) is 18.1 Å². The molecule has 0 bridgehead atoms. The first kappa shape index (κ1) is 21.0. The molecule has 1 amide bonds. The van der Waals surface area contributed by atoms with Crippen LogP contribution >= 0.6 is 0 Å². The van der Waals surface area contributed by atoms with Crippen molar-refractivity contribution >= 4 is 17.4 Å². The third-order valence-electron chi connectivity index (χ3n) is 5.13. The number of amides is 1. The molecule has 1 aromatic carbocycles. The Morgan fingerprint density at radius 3 is 2.47 bits per heavy atom. The molecule has 1 aliphatic heterocycles. The van der Waals surface area contributed by atoms with Gasteiger partial charge in [-0.15, -0.1) is 0 Å². The van der Waals surface area contributed by atoms with Crippen LogP contribution in [0.4, 0.5) is 0 Å². The number of benzene rings is 1. The minimum absolute atomic E-state index is 0.0323. The molecule has 1 fully saturated rings. The molecular weight excluding hydrogens is 406 g/mol. The van der Waals surface area contributed by atoms with E-state index < -0.39 is 17.7 Å². The molecule has 3 heterocycles. The summed E-state index contributed by atoms with van der Waals surface area (Å²) in [5.74, 6) is -1.05. The molecule has 0 saturated carbocycles. The van der Waals surface area contributed by atoms with Gasteiger partial charge < -0.3 is 14.7 Å². The number of likely N-dealkylation sites (tertiary alicyclic amines) is 1. The molecule has 160 valence electrons. The number of aliphatic hydroxyl groups is 1. The van der Waals surface area contributed by atoms with Crippen molar-refractivity contribution in [1.29, 1.82) is 0 Å². The fourth-order valence-corrected chi connectivity index (χ4v) is 3.64. The van der Waals surface area contributed by atoms with E-state index >= 15 is 0 Å². The maximum absolute atomic E-state index is 13.0. The van der Waals surface area contributed by atoms with Crippen molar-refractivity contribution in [2.75, 3.05) is 6.61 Å². The molecule has 3 aromatic rings. The van der Waals surface area contributed by atoms with Gasteiger partial charge in [0.2, 0.25) is 0 Å². The Morgan fingerprint density at radius 1 is 1.06 bits per heavy atom. The lowest BCUT2D eigenvalue weighted by molar-refractivity contribution is -0.140.